The van der Waals surface area contributed by atoms with Crippen molar-refractivity contribution >= 4 is 15.9 Å². The van der Waals surface area contributed by atoms with Crippen LogP contribution in [-0.4, -0.2) is 18.7 Å². The SMILES string of the molecule is CC1(Oc2cc(Br)co2)CNC1. The van der Waals surface area contributed by atoms with Gasteiger partial charge in [0.15, 0.2) is 0 Å². The zero-order valence-electron chi connectivity index (χ0n) is 6.76. The van der Waals surface area contributed by atoms with E-state index in [1.54, 1.807) is 6.26 Å². The van der Waals surface area contributed by atoms with Gasteiger partial charge >= 0.3 is 0 Å². The van der Waals surface area contributed by atoms with Gasteiger partial charge in [0.2, 0.25) is 0 Å². The maximum atomic E-state index is 5.60. The fourth-order valence-electron chi connectivity index (χ4n) is 1.14. The molecule has 2 heterocycles. The van der Waals surface area contributed by atoms with E-state index >= 15 is 0 Å². The van der Waals surface area contributed by atoms with E-state index in [1.807, 2.05) is 6.07 Å². The molecule has 0 radical (unpaired) electrons. The predicted molar refractivity (Wildman–Crippen MR) is 48.3 cm³/mol. The molecule has 0 atom stereocenters. The van der Waals surface area contributed by atoms with Gasteiger partial charge in [-0.05, 0) is 22.9 Å². The summed E-state index contributed by atoms with van der Waals surface area (Å²) in [7, 11) is 0. The van der Waals surface area contributed by atoms with E-state index < -0.39 is 0 Å². The minimum Gasteiger partial charge on any atom is -0.456 e. The van der Waals surface area contributed by atoms with Gasteiger partial charge in [-0.1, -0.05) is 0 Å². The summed E-state index contributed by atoms with van der Waals surface area (Å²) >= 11 is 3.29. The third-order valence-electron chi connectivity index (χ3n) is 1.89. The summed E-state index contributed by atoms with van der Waals surface area (Å²) in [5, 5.41) is 3.15. The number of hydrogen-bond acceptors (Lipinski definition) is 3. The van der Waals surface area contributed by atoms with Crippen molar-refractivity contribution in [2.45, 2.75) is 12.5 Å². The Bertz CT molecular complexity index is 280. The van der Waals surface area contributed by atoms with E-state index in [2.05, 4.69) is 28.2 Å². The lowest BCUT2D eigenvalue weighted by Gasteiger charge is -2.38. The zero-order chi connectivity index (χ0) is 8.60. The van der Waals surface area contributed by atoms with E-state index in [-0.39, 0.29) is 5.60 Å². The summed E-state index contributed by atoms with van der Waals surface area (Å²) < 4.78 is 11.6. The van der Waals surface area contributed by atoms with Crippen LogP contribution >= 0.6 is 15.9 Å². The topological polar surface area (TPSA) is 34.4 Å². The molecule has 0 unspecified atom stereocenters. The molecule has 1 aliphatic heterocycles. The molecule has 0 spiro atoms. The Hall–Kier alpha value is -0.480. The second-order valence-corrected chi connectivity index (χ2v) is 4.16. The fraction of sp³-hybridized carbons (Fsp3) is 0.500. The van der Waals surface area contributed by atoms with E-state index in [9.17, 15) is 0 Å². The summed E-state index contributed by atoms with van der Waals surface area (Å²) in [4.78, 5) is 0. The molecule has 2 rings (SSSR count). The predicted octanol–water partition coefficient (Wildman–Crippen LogP) is 1.78. The van der Waals surface area contributed by atoms with Crippen LogP contribution in [0.3, 0.4) is 0 Å². The lowest BCUT2D eigenvalue weighted by molar-refractivity contribution is 0.0133. The molecular formula is C8H10BrNO2. The minimum absolute atomic E-state index is 0.0860. The van der Waals surface area contributed by atoms with Crippen molar-refractivity contribution in [1.82, 2.24) is 5.32 Å². The molecule has 1 saturated heterocycles. The molecule has 1 aromatic heterocycles. The molecule has 0 bridgehead atoms. The molecule has 1 fully saturated rings. The first kappa shape index (κ1) is 8.13. The van der Waals surface area contributed by atoms with Crippen molar-refractivity contribution in [2.24, 2.45) is 0 Å². The van der Waals surface area contributed by atoms with Crippen LogP contribution in [0.25, 0.3) is 0 Å². The van der Waals surface area contributed by atoms with Crippen LogP contribution in [0, 0.1) is 0 Å². The first-order chi connectivity index (χ1) is 5.68. The van der Waals surface area contributed by atoms with Gasteiger partial charge in [0.1, 0.15) is 11.9 Å². The Morgan fingerprint density at radius 2 is 2.42 bits per heavy atom. The van der Waals surface area contributed by atoms with Crippen LogP contribution in [0.15, 0.2) is 21.2 Å². The van der Waals surface area contributed by atoms with Crippen LogP contribution in [0.2, 0.25) is 0 Å². The van der Waals surface area contributed by atoms with E-state index in [0.717, 1.165) is 17.6 Å². The Labute approximate surface area is 79.2 Å². The molecule has 4 heteroatoms. The molecule has 3 nitrogen and oxygen atoms in total. The van der Waals surface area contributed by atoms with Crippen molar-refractivity contribution in [3.63, 3.8) is 0 Å². The number of halogens is 1. The Balaban J connectivity index is 2.03. The zero-order valence-corrected chi connectivity index (χ0v) is 8.35. The van der Waals surface area contributed by atoms with Gasteiger partial charge < -0.3 is 14.5 Å². The molecule has 12 heavy (non-hydrogen) atoms. The summed E-state index contributed by atoms with van der Waals surface area (Å²) in [6.07, 6.45) is 1.62. The van der Waals surface area contributed by atoms with Crippen LogP contribution in [0.1, 0.15) is 6.92 Å². The highest BCUT2D eigenvalue weighted by atomic mass is 79.9. The molecule has 1 N–H and O–H groups in total. The Kier molecular flexibility index (Phi) is 1.88. The third kappa shape index (κ3) is 1.49. The Morgan fingerprint density at radius 3 is 2.83 bits per heavy atom. The normalized spacial score (nSPS) is 20.2. The van der Waals surface area contributed by atoms with E-state index in [0.29, 0.717) is 5.95 Å². The lowest BCUT2D eigenvalue weighted by atomic mass is 10.0. The Morgan fingerprint density at radius 1 is 1.67 bits per heavy atom. The average molecular weight is 232 g/mol. The number of furan rings is 1. The largest absolute Gasteiger partial charge is 0.456 e. The maximum absolute atomic E-state index is 5.60. The van der Waals surface area contributed by atoms with Crippen molar-refractivity contribution in [1.29, 1.82) is 0 Å². The van der Waals surface area contributed by atoms with Crippen molar-refractivity contribution in [3.05, 3.63) is 16.8 Å². The second kappa shape index (κ2) is 2.78. The molecule has 1 aromatic rings. The number of hydrogen-bond donors (Lipinski definition) is 1. The summed E-state index contributed by atoms with van der Waals surface area (Å²) in [6.45, 7) is 3.82. The average Bonchev–Trinajstić information content (AvgIpc) is 2.32. The van der Waals surface area contributed by atoms with E-state index in [4.69, 9.17) is 9.15 Å². The van der Waals surface area contributed by atoms with Crippen LogP contribution in [-0.2, 0) is 0 Å². The highest BCUT2D eigenvalue weighted by Gasteiger charge is 2.34. The van der Waals surface area contributed by atoms with Crippen molar-refractivity contribution in [3.8, 4) is 5.95 Å². The van der Waals surface area contributed by atoms with Crippen LogP contribution < -0.4 is 10.1 Å². The monoisotopic (exact) mass is 231 g/mol. The van der Waals surface area contributed by atoms with Gasteiger partial charge in [-0.25, -0.2) is 0 Å². The van der Waals surface area contributed by atoms with Gasteiger partial charge in [-0.2, -0.15) is 0 Å². The van der Waals surface area contributed by atoms with E-state index in [1.165, 1.54) is 0 Å². The molecule has 0 aliphatic carbocycles. The molecule has 0 aromatic carbocycles. The highest BCUT2D eigenvalue weighted by molar-refractivity contribution is 9.10. The summed E-state index contributed by atoms with van der Waals surface area (Å²) in [5.74, 6) is 0.575. The molecule has 0 saturated carbocycles. The second-order valence-electron chi connectivity index (χ2n) is 3.24. The standard InChI is InChI=1S/C8H10BrNO2/c1-8(4-10-5-8)12-7-2-6(9)3-11-7/h2-3,10H,4-5H2,1H3. The summed E-state index contributed by atoms with van der Waals surface area (Å²) in [6, 6.07) is 1.82. The first-order valence-corrected chi connectivity index (χ1v) is 4.61. The fourth-order valence-corrected chi connectivity index (χ4v) is 1.42. The molecule has 66 valence electrons. The molecular weight excluding hydrogens is 222 g/mol. The van der Waals surface area contributed by atoms with Gasteiger partial charge in [0, 0.05) is 19.2 Å². The number of ether oxygens (including phenoxy) is 1. The summed E-state index contributed by atoms with van der Waals surface area (Å²) in [5.41, 5.74) is -0.0860. The van der Waals surface area contributed by atoms with Gasteiger partial charge in [-0.3, -0.25) is 0 Å². The quantitative estimate of drug-likeness (QED) is 0.843. The van der Waals surface area contributed by atoms with Gasteiger partial charge in [0.05, 0.1) is 4.47 Å². The molecule has 0 amide bonds. The lowest BCUT2D eigenvalue weighted by Crippen LogP contribution is -2.60. The van der Waals surface area contributed by atoms with Gasteiger partial charge in [0.25, 0.3) is 5.95 Å². The van der Waals surface area contributed by atoms with Crippen molar-refractivity contribution < 1.29 is 9.15 Å². The smallest absolute Gasteiger partial charge is 0.286 e. The van der Waals surface area contributed by atoms with Crippen molar-refractivity contribution in [2.75, 3.05) is 13.1 Å². The number of nitrogens with one attached hydrogen (secondary N) is 1. The third-order valence-corrected chi connectivity index (χ3v) is 2.30. The van der Waals surface area contributed by atoms with Crippen LogP contribution in [0.4, 0.5) is 0 Å². The number of rotatable bonds is 2. The maximum Gasteiger partial charge on any atom is 0.286 e. The first-order valence-electron chi connectivity index (χ1n) is 3.82. The minimum atomic E-state index is -0.0860. The van der Waals surface area contributed by atoms with Gasteiger partial charge in [-0.15, -0.1) is 0 Å². The highest BCUT2D eigenvalue weighted by Crippen LogP contribution is 2.26. The van der Waals surface area contributed by atoms with Crippen LogP contribution in [0.5, 0.6) is 5.95 Å². The molecule has 1 aliphatic rings.